The van der Waals surface area contributed by atoms with Gasteiger partial charge in [-0.25, -0.2) is 4.98 Å². The first-order valence-electron chi connectivity index (χ1n) is 10.8. The molecule has 1 heterocycles. The van der Waals surface area contributed by atoms with Crippen molar-refractivity contribution in [1.82, 2.24) is 4.98 Å². The minimum absolute atomic E-state index is 0. The number of hydrogen-bond donors (Lipinski definition) is 2. The van der Waals surface area contributed by atoms with Crippen LogP contribution in [0.2, 0.25) is 0 Å². The van der Waals surface area contributed by atoms with E-state index in [4.69, 9.17) is 0 Å². The summed E-state index contributed by atoms with van der Waals surface area (Å²) in [5, 5.41) is 6.58. The number of nitrogens with one attached hydrogen (secondary N) is 2. The quantitative estimate of drug-likeness (QED) is 0.432. The van der Waals surface area contributed by atoms with Gasteiger partial charge >= 0.3 is 0 Å². The van der Waals surface area contributed by atoms with Gasteiger partial charge in [-0.2, -0.15) is 0 Å². The summed E-state index contributed by atoms with van der Waals surface area (Å²) in [5.41, 5.74) is 5.40. The SMILES string of the molecule is CC(C)=C[C@H]1[C@H](C(=O)Nc2nc3ccc(C(=O)Nc4c(C)cccc4C)cc3s2)C1(C)C.[HH]. The number of rotatable bonds is 5. The summed E-state index contributed by atoms with van der Waals surface area (Å²) < 4.78 is 0.866. The van der Waals surface area contributed by atoms with Crippen LogP contribution in [-0.2, 0) is 4.79 Å². The zero-order valence-electron chi connectivity index (χ0n) is 19.4. The summed E-state index contributed by atoms with van der Waals surface area (Å²) in [6.45, 7) is 12.3. The molecule has 2 atom stereocenters. The van der Waals surface area contributed by atoms with Gasteiger partial charge in [-0.05, 0) is 68.4 Å². The van der Waals surface area contributed by atoms with Crippen molar-refractivity contribution >= 4 is 44.2 Å². The third-order valence-corrected chi connectivity index (χ3v) is 7.24. The van der Waals surface area contributed by atoms with Gasteiger partial charge in [-0.1, -0.05) is 55.0 Å². The number of carbonyl (C=O) groups excluding carboxylic acids is 2. The van der Waals surface area contributed by atoms with Gasteiger partial charge in [0.25, 0.3) is 5.91 Å². The number of benzene rings is 2. The number of nitrogens with zero attached hydrogens (tertiary/aromatic N) is 1. The molecule has 3 aromatic rings. The first-order valence-corrected chi connectivity index (χ1v) is 11.6. The molecule has 0 unspecified atom stereocenters. The molecular weight excluding hydrogens is 418 g/mol. The topological polar surface area (TPSA) is 71.1 Å². The molecule has 2 amide bonds. The van der Waals surface area contributed by atoms with Gasteiger partial charge in [0.1, 0.15) is 0 Å². The van der Waals surface area contributed by atoms with E-state index in [1.807, 2.05) is 44.2 Å². The average Bonchev–Trinajstić information content (AvgIpc) is 3.04. The zero-order chi connectivity index (χ0) is 23.2. The van der Waals surface area contributed by atoms with Gasteiger partial charge in [-0.15, -0.1) is 0 Å². The lowest BCUT2D eigenvalue weighted by Gasteiger charge is -2.11. The molecule has 0 bridgehead atoms. The highest BCUT2D eigenvalue weighted by atomic mass is 32.1. The van der Waals surface area contributed by atoms with Crippen molar-refractivity contribution in [1.29, 1.82) is 0 Å². The van der Waals surface area contributed by atoms with Crippen LogP contribution in [0.5, 0.6) is 0 Å². The van der Waals surface area contributed by atoms with Crippen LogP contribution < -0.4 is 10.6 Å². The number of fused-ring (bicyclic) bond motifs is 1. The van der Waals surface area contributed by atoms with Crippen molar-refractivity contribution < 1.29 is 11.0 Å². The molecule has 1 aliphatic rings. The Balaban J connectivity index is 0.00000306. The van der Waals surface area contributed by atoms with E-state index in [0.717, 1.165) is 27.0 Å². The van der Waals surface area contributed by atoms with Gasteiger partial charge < -0.3 is 10.6 Å². The first kappa shape index (κ1) is 22.2. The molecule has 168 valence electrons. The third-order valence-electron chi connectivity index (χ3n) is 6.31. The Bertz CT molecular complexity index is 1240. The number of amides is 2. The Kier molecular flexibility index (Phi) is 5.67. The van der Waals surface area contributed by atoms with Gasteiger partial charge in [0.15, 0.2) is 5.13 Å². The number of anilines is 2. The fraction of sp³-hybridized carbons (Fsp3) is 0.346. The van der Waals surface area contributed by atoms with Gasteiger partial charge in [0.2, 0.25) is 5.91 Å². The van der Waals surface area contributed by atoms with Crippen molar-refractivity contribution in [2.24, 2.45) is 17.3 Å². The standard InChI is InChI=1S/C26H29N3O2S.H2/c1-14(2)12-18-21(26(18,5)6)24(31)29-25-27-19-11-10-17(13-20(19)32-25)23(30)28-22-15(3)8-7-9-16(22)4;/h7-13,18,21H,1-6H3,(H,28,30)(H,27,29,31);1H/t18-,21+;/m0./s1. The second kappa shape index (κ2) is 8.17. The van der Waals surface area contributed by atoms with Crippen molar-refractivity contribution in [3.05, 3.63) is 64.7 Å². The number of carbonyl (C=O) groups is 2. The summed E-state index contributed by atoms with van der Waals surface area (Å²) in [4.78, 5) is 30.3. The van der Waals surface area contributed by atoms with Crippen LogP contribution in [-0.4, -0.2) is 16.8 Å². The molecule has 32 heavy (non-hydrogen) atoms. The molecule has 2 aromatic carbocycles. The van der Waals surface area contributed by atoms with Crippen LogP contribution in [0, 0.1) is 31.1 Å². The third kappa shape index (κ3) is 4.19. The summed E-state index contributed by atoms with van der Waals surface area (Å²) in [6, 6.07) is 11.4. The molecule has 1 aromatic heterocycles. The van der Waals surface area contributed by atoms with E-state index < -0.39 is 0 Å². The van der Waals surface area contributed by atoms with Crippen molar-refractivity contribution in [2.45, 2.75) is 41.5 Å². The second-order valence-electron chi connectivity index (χ2n) is 9.48. The Morgan fingerprint density at radius 3 is 2.44 bits per heavy atom. The number of aromatic nitrogens is 1. The van der Waals surface area contributed by atoms with E-state index in [9.17, 15) is 9.59 Å². The molecule has 0 aliphatic heterocycles. The summed E-state index contributed by atoms with van der Waals surface area (Å²) in [6.07, 6.45) is 2.18. The summed E-state index contributed by atoms with van der Waals surface area (Å²) >= 11 is 1.39. The predicted octanol–water partition coefficient (Wildman–Crippen LogP) is 6.59. The molecule has 1 fully saturated rings. The number of hydrogen-bond acceptors (Lipinski definition) is 4. The Labute approximate surface area is 194 Å². The fourth-order valence-corrected chi connectivity index (χ4v) is 5.26. The lowest BCUT2D eigenvalue weighted by atomic mass is 10.1. The van der Waals surface area contributed by atoms with Crippen LogP contribution >= 0.6 is 11.3 Å². The fourth-order valence-electron chi connectivity index (χ4n) is 4.35. The number of allylic oxidation sites excluding steroid dienone is 2. The summed E-state index contributed by atoms with van der Waals surface area (Å²) in [7, 11) is 0. The van der Waals surface area contributed by atoms with E-state index in [1.165, 1.54) is 16.9 Å². The maximum Gasteiger partial charge on any atom is 0.255 e. The van der Waals surface area contributed by atoms with E-state index in [-0.39, 0.29) is 30.5 Å². The van der Waals surface area contributed by atoms with Gasteiger partial charge in [0.05, 0.1) is 16.1 Å². The molecule has 5 nitrogen and oxygen atoms in total. The smallest absolute Gasteiger partial charge is 0.255 e. The molecule has 6 heteroatoms. The number of thiazole rings is 1. The average molecular weight is 450 g/mol. The Morgan fingerprint density at radius 1 is 1.09 bits per heavy atom. The Morgan fingerprint density at radius 2 is 1.78 bits per heavy atom. The minimum Gasteiger partial charge on any atom is -0.322 e. The molecule has 4 rings (SSSR count). The van der Waals surface area contributed by atoms with E-state index >= 15 is 0 Å². The zero-order valence-corrected chi connectivity index (χ0v) is 20.2. The highest BCUT2D eigenvalue weighted by molar-refractivity contribution is 7.22. The van der Waals surface area contributed by atoms with E-state index in [2.05, 4.69) is 49.4 Å². The lowest BCUT2D eigenvalue weighted by Crippen LogP contribution is -2.16. The highest BCUT2D eigenvalue weighted by Crippen LogP contribution is 2.59. The van der Waals surface area contributed by atoms with Crippen molar-refractivity contribution in [2.75, 3.05) is 10.6 Å². The molecule has 2 N–H and O–H groups in total. The van der Waals surface area contributed by atoms with E-state index in [1.54, 1.807) is 6.07 Å². The first-order chi connectivity index (χ1) is 15.1. The largest absolute Gasteiger partial charge is 0.322 e. The molecule has 0 spiro atoms. The monoisotopic (exact) mass is 449 g/mol. The maximum atomic E-state index is 12.9. The normalized spacial score (nSPS) is 18.8. The number of para-hydroxylation sites is 1. The Hall–Kier alpha value is -2.99. The van der Waals surface area contributed by atoms with Gasteiger partial charge in [0, 0.05) is 12.7 Å². The molecular formula is C26H31N3O2S. The van der Waals surface area contributed by atoms with Crippen LogP contribution in [0.3, 0.4) is 0 Å². The lowest BCUT2D eigenvalue weighted by molar-refractivity contribution is -0.118. The van der Waals surface area contributed by atoms with Crippen LogP contribution in [0.4, 0.5) is 10.8 Å². The van der Waals surface area contributed by atoms with Gasteiger partial charge in [-0.3, -0.25) is 9.59 Å². The molecule has 0 saturated heterocycles. The molecule has 1 saturated carbocycles. The van der Waals surface area contributed by atoms with Crippen molar-refractivity contribution in [3.63, 3.8) is 0 Å². The summed E-state index contributed by atoms with van der Waals surface area (Å²) in [5.74, 6) is 0.0438. The minimum atomic E-state index is -0.160. The second-order valence-corrected chi connectivity index (χ2v) is 10.5. The van der Waals surface area contributed by atoms with E-state index in [0.29, 0.717) is 10.7 Å². The van der Waals surface area contributed by atoms with Crippen LogP contribution in [0.25, 0.3) is 10.2 Å². The number of aryl methyl sites for hydroxylation is 2. The van der Waals surface area contributed by atoms with Crippen molar-refractivity contribution in [3.8, 4) is 0 Å². The highest BCUT2D eigenvalue weighted by Gasteiger charge is 2.60. The van der Waals surface area contributed by atoms with Crippen LogP contribution in [0.1, 0.15) is 50.6 Å². The molecule has 1 aliphatic carbocycles. The maximum absolute atomic E-state index is 12.9. The molecule has 0 radical (unpaired) electrons. The predicted molar refractivity (Wildman–Crippen MR) is 134 cm³/mol. The van der Waals surface area contributed by atoms with Crippen LogP contribution in [0.15, 0.2) is 48.0 Å².